The Hall–Kier alpha value is -4.45. The van der Waals surface area contributed by atoms with Gasteiger partial charge in [0.15, 0.2) is 6.10 Å². The van der Waals surface area contributed by atoms with Gasteiger partial charge in [-0.25, -0.2) is 0 Å². The summed E-state index contributed by atoms with van der Waals surface area (Å²) >= 11 is 0. The predicted octanol–water partition coefficient (Wildman–Crippen LogP) is 21.8. The van der Waals surface area contributed by atoms with Gasteiger partial charge in [-0.2, -0.15) is 0 Å². The van der Waals surface area contributed by atoms with Crippen LogP contribution >= 0.6 is 0 Å². The van der Waals surface area contributed by atoms with Crippen LogP contribution in [0.3, 0.4) is 0 Å². The summed E-state index contributed by atoms with van der Waals surface area (Å²) < 4.78 is 16.9. The van der Waals surface area contributed by atoms with Gasteiger partial charge in [0.05, 0.1) is 0 Å². The molecule has 0 radical (unpaired) electrons. The molecule has 0 fully saturated rings. The highest BCUT2D eigenvalue weighted by Crippen LogP contribution is 2.15. The van der Waals surface area contributed by atoms with E-state index < -0.39 is 6.10 Å². The lowest BCUT2D eigenvalue weighted by molar-refractivity contribution is -0.167. The Labute approximate surface area is 475 Å². The van der Waals surface area contributed by atoms with Crippen LogP contribution in [0.25, 0.3) is 0 Å². The Kier molecular flexibility index (Phi) is 60.4. The molecular formula is C71H116O6. The number of allylic oxidation sites excluding steroid dienone is 22. The summed E-state index contributed by atoms with van der Waals surface area (Å²) in [5, 5.41) is 0. The van der Waals surface area contributed by atoms with E-state index >= 15 is 0 Å². The van der Waals surface area contributed by atoms with E-state index in [4.69, 9.17) is 14.2 Å². The van der Waals surface area contributed by atoms with Gasteiger partial charge in [-0.3, -0.25) is 14.4 Å². The Bertz CT molecular complexity index is 1650. The van der Waals surface area contributed by atoms with Crippen LogP contribution in [0.15, 0.2) is 134 Å². The Morgan fingerprint density at radius 1 is 0.273 bits per heavy atom. The van der Waals surface area contributed by atoms with Crippen LogP contribution in [-0.4, -0.2) is 37.2 Å². The van der Waals surface area contributed by atoms with E-state index in [0.717, 1.165) is 135 Å². The maximum absolute atomic E-state index is 12.9. The minimum Gasteiger partial charge on any atom is -0.462 e. The molecule has 0 aromatic carbocycles. The fourth-order valence-electron chi connectivity index (χ4n) is 8.43. The zero-order chi connectivity index (χ0) is 55.7. The molecule has 0 spiro atoms. The van der Waals surface area contributed by atoms with Crippen LogP contribution in [-0.2, 0) is 28.6 Å². The van der Waals surface area contributed by atoms with E-state index in [2.05, 4.69) is 154 Å². The van der Waals surface area contributed by atoms with E-state index in [1.165, 1.54) is 96.3 Å². The molecule has 0 aromatic rings. The first-order valence-electron chi connectivity index (χ1n) is 31.7. The third-order valence-corrected chi connectivity index (χ3v) is 13.1. The molecule has 1 unspecified atom stereocenters. The quantitative estimate of drug-likeness (QED) is 0.0261. The van der Waals surface area contributed by atoms with E-state index in [0.29, 0.717) is 19.3 Å². The molecule has 0 aromatic heterocycles. The van der Waals surface area contributed by atoms with Crippen LogP contribution in [0.4, 0.5) is 0 Å². The molecule has 6 nitrogen and oxygen atoms in total. The first-order chi connectivity index (χ1) is 38.0. The summed E-state index contributed by atoms with van der Waals surface area (Å²) in [7, 11) is 0. The van der Waals surface area contributed by atoms with Gasteiger partial charge in [0.25, 0.3) is 0 Å². The Morgan fingerprint density at radius 2 is 0.506 bits per heavy atom. The molecule has 77 heavy (non-hydrogen) atoms. The summed E-state index contributed by atoms with van der Waals surface area (Å²) in [5.41, 5.74) is 0. The summed E-state index contributed by atoms with van der Waals surface area (Å²) in [6.07, 6.45) is 90.3. The number of carbonyl (C=O) groups is 3. The van der Waals surface area contributed by atoms with Crippen molar-refractivity contribution in [1.82, 2.24) is 0 Å². The fraction of sp³-hybridized carbons (Fsp3) is 0.648. The lowest BCUT2D eigenvalue weighted by Crippen LogP contribution is -2.30. The maximum Gasteiger partial charge on any atom is 0.306 e. The molecule has 0 saturated heterocycles. The molecule has 0 N–H and O–H groups in total. The van der Waals surface area contributed by atoms with Crippen molar-refractivity contribution in [1.29, 1.82) is 0 Å². The minimum absolute atomic E-state index is 0.103. The molecule has 0 rings (SSSR count). The summed E-state index contributed by atoms with van der Waals surface area (Å²) in [5.74, 6) is -0.959. The second kappa shape index (κ2) is 64.1. The number of hydrogen-bond donors (Lipinski definition) is 0. The number of carbonyl (C=O) groups excluding carboxylic acids is 3. The molecule has 0 amide bonds. The highest BCUT2D eigenvalue weighted by Gasteiger charge is 2.19. The molecule has 0 aliphatic rings. The normalized spacial score (nSPS) is 13.0. The summed E-state index contributed by atoms with van der Waals surface area (Å²) in [6, 6.07) is 0. The van der Waals surface area contributed by atoms with Gasteiger partial charge in [-0.05, 0) is 135 Å². The van der Waals surface area contributed by atoms with Gasteiger partial charge in [-0.1, -0.05) is 257 Å². The zero-order valence-electron chi connectivity index (χ0n) is 49.9. The molecule has 0 aliphatic heterocycles. The second-order valence-electron chi connectivity index (χ2n) is 20.5. The van der Waals surface area contributed by atoms with Crippen molar-refractivity contribution in [2.45, 2.75) is 284 Å². The van der Waals surface area contributed by atoms with Crippen LogP contribution in [0, 0.1) is 0 Å². The van der Waals surface area contributed by atoms with Gasteiger partial charge in [0, 0.05) is 19.3 Å². The smallest absolute Gasteiger partial charge is 0.306 e. The molecule has 6 heteroatoms. The molecule has 0 aliphatic carbocycles. The van der Waals surface area contributed by atoms with Crippen LogP contribution in [0.5, 0.6) is 0 Å². The number of rotatable bonds is 56. The molecule has 0 saturated carbocycles. The lowest BCUT2D eigenvalue weighted by atomic mass is 10.0. The van der Waals surface area contributed by atoms with Crippen molar-refractivity contribution >= 4 is 17.9 Å². The van der Waals surface area contributed by atoms with Crippen LogP contribution < -0.4 is 0 Å². The van der Waals surface area contributed by atoms with Crippen molar-refractivity contribution in [2.75, 3.05) is 13.2 Å². The predicted molar refractivity (Wildman–Crippen MR) is 334 cm³/mol. The van der Waals surface area contributed by atoms with Crippen molar-refractivity contribution in [2.24, 2.45) is 0 Å². The molecule has 436 valence electrons. The molecule has 0 heterocycles. The topological polar surface area (TPSA) is 78.9 Å². The third-order valence-electron chi connectivity index (χ3n) is 13.1. The standard InChI is InChI=1S/C71H116O6/c1-4-7-10-13-16-19-22-25-28-29-30-31-32-33-34-35-36-37-38-39-40-41-44-46-49-52-55-58-61-64-70(73)76-67-68(77-71(74)65-62-59-56-53-50-47-43-27-24-21-18-15-12-9-6-3)66-75-69(72)63-60-57-54-51-48-45-42-26-23-20-17-14-11-8-5-2/h7,9-10,12,16-21,25-28,30-31,33-34,42-43,50,53,68H,4-6,8,11,13-15,22-24,29,32,35-41,44-49,51-52,54-67H2,1-3H3/b10-7-,12-9-,19-16-,20-17-,21-18-,28-25-,31-30-,34-33-,42-26-,43-27-,53-50-. The SMILES string of the molecule is CC/C=C\C/C=C\C/C=C\C/C=C\C/C=C\CCCCCCCCCCCCCCCC(=O)OCC(COC(=O)CCCCCCC/C=C\C/C=C\CCCCC)OC(=O)CCCC/C=C\C/C=C\C/C=C\C/C=C\CC. The van der Waals surface area contributed by atoms with Crippen LogP contribution in [0.2, 0.25) is 0 Å². The van der Waals surface area contributed by atoms with Gasteiger partial charge >= 0.3 is 17.9 Å². The van der Waals surface area contributed by atoms with Crippen molar-refractivity contribution in [3.8, 4) is 0 Å². The van der Waals surface area contributed by atoms with E-state index in [9.17, 15) is 14.4 Å². The number of ether oxygens (including phenoxy) is 3. The fourth-order valence-corrected chi connectivity index (χ4v) is 8.43. The number of hydrogen-bond acceptors (Lipinski definition) is 6. The van der Waals surface area contributed by atoms with Crippen molar-refractivity contribution < 1.29 is 28.6 Å². The maximum atomic E-state index is 12.9. The highest BCUT2D eigenvalue weighted by molar-refractivity contribution is 5.71. The van der Waals surface area contributed by atoms with Crippen molar-refractivity contribution in [3.63, 3.8) is 0 Å². The Balaban J connectivity index is 4.32. The second-order valence-corrected chi connectivity index (χ2v) is 20.5. The summed E-state index contributed by atoms with van der Waals surface area (Å²) in [6.45, 7) is 6.34. The van der Waals surface area contributed by atoms with Gasteiger partial charge < -0.3 is 14.2 Å². The largest absolute Gasteiger partial charge is 0.462 e. The van der Waals surface area contributed by atoms with Gasteiger partial charge in [0.2, 0.25) is 0 Å². The molecule has 1 atom stereocenters. The van der Waals surface area contributed by atoms with Crippen molar-refractivity contribution in [3.05, 3.63) is 134 Å². The Morgan fingerprint density at radius 3 is 0.818 bits per heavy atom. The molecule has 0 bridgehead atoms. The number of esters is 3. The van der Waals surface area contributed by atoms with E-state index in [1.807, 2.05) is 0 Å². The van der Waals surface area contributed by atoms with E-state index in [1.54, 1.807) is 0 Å². The number of unbranched alkanes of at least 4 members (excludes halogenated alkanes) is 23. The van der Waals surface area contributed by atoms with Gasteiger partial charge in [-0.15, -0.1) is 0 Å². The lowest BCUT2D eigenvalue weighted by Gasteiger charge is -2.18. The first kappa shape index (κ1) is 72.5. The highest BCUT2D eigenvalue weighted by atomic mass is 16.6. The third kappa shape index (κ3) is 62.3. The minimum atomic E-state index is -0.811. The van der Waals surface area contributed by atoms with Crippen LogP contribution in [0.1, 0.15) is 278 Å². The monoisotopic (exact) mass is 1060 g/mol. The zero-order valence-corrected chi connectivity index (χ0v) is 49.9. The van der Waals surface area contributed by atoms with Gasteiger partial charge in [0.1, 0.15) is 13.2 Å². The average molecular weight is 1070 g/mol. The first-order valence-corrected chi connectivity index (χ1v) is 31.7. The summed E-state index contributed by atoms with van der Waals surface area (Å²) in [4.78, 5) is 38.3. The molecular weight excluding hydrogens is 949 g/mol. The van der Waals surface area contributed by atoms with E-state index in [-0.39, 0.29) is 37.5 Å². The average Bonchev–Trinajstić information content (AvgIpc) is 3.43.